The fourth-order valence-corrected chi connectivity index (χ4v) is 3.00. The van der Waals surface area contributed by atoms with Crippen LogP contribution in [0, 0.1) is 6.92 Å². The van der Waals surface area contributed by atoms with E-state index in [1.807, 2.05) is 83.1 Å². The Bertz CT molecular complexity index is 748. The largest absolute Gasteiger partial charge is 0.476 e. The molecule has 2 aromatic carbocycles. The van der Waals surface area contributed by atoms with E-state index in [0.29, 0.717) is 5.75 Å². The van der Waals surface area contributed by atoms with Crippen LogP contribution in [0.25, 0.3) is 0 Å². The van der Waals surface area contributed by atoms with Crippen LogP contribution in [0.2, 0.25) is 0 Å². The SMILES string of the molecule is CC.Cc1ccc(C(S)(S)c2ccc(OC(C)(C)C(=O)OC(C)C)cc2)cc1. The summed E-state index contributed by atoms with van der Waals surface area (Å²) in [5.41, 5.74) is 2.03. The summed E-state index contributed by atoms with van der Waals surface area (Å²) in [6.07, 6.45) is -0.184. The van der Waals surface area contributed by atoms with Crippen LogP contribution in [0.4, 0.5) is 0 Å². The van der Waals surface area contributed by atoms with Crippen molar-refractivity contribution < 1.29 is 14.3 Å². The third-order valence-electron chi connectivity index (χ3n) is 3.92. The third-order valence-corrected chi connectivity index (χ3v) is 4.95. The van der Waals surface area contributed by atoms with Gasteiger partial charge >= 0.3 is 5.97 Å². The fourth-order valence-electron chi connectivity index (χ4n) is 2.40. The molecule has 5 heteroatoms. The standard InChI is InChI=1S/C21H26O3S2.C2H6/c1-14(2)23-19(22)20(4,5)24-18-12-10-17(11-13-18)21(25,26)16-8-6-15(3)7-9-16;1-2/h6-14,25-26H,1-5H3;1-2H3. The second-order valence-corrected chi connectivity index (χ2v) is 8.82. The van der Waals surface area contributed by atoms with Crippen molar-refractivity contribution in [3.05, 3.63) is 65.2 Å². The Morgan fingerprint density at radius 3 is 1.75 bits per heavy atom. The lowest BCUT2D eigenvalue weighted by molar-refractivity contribution is -0.163. The highest BCUT2D eigenvalue weighted by Crippen LogP contribution is 2.40. The maximum absolute atomic E-state index is 12.1. The van der Waals surface area contributed by atoms with Crippen molar-refractivity contribution in [1.82, 2.24) is 0 Å². The molecule has 0 heterocycles. The minimum atomic E-state index is -1.07. The molecule has 0 saturated heterocycles. The molecule has 0 fully saturated rings. The molecule has 28 heavy (non-hydrogen) atoms. The van der Waals surface area contributed by atoms with Gasteiger partial charge in [-0.25, -0.2) is 4.79 Å². The molecule has 0 unspecified atom stereocenters. The van der Waals surface area contributed by atoms with E-state index >= 15 is 0 Å². The van der Waals surface area contributed by atoms with Gasteiger partial charge in [-0.1, -0.05) is 55.8 Å². The zero-order chi connectivity index (χ0) is 21.5. The molecule has 154 valence electrons. The monoisotopic (exact) mass is 420 g/mol. The van der Waals surface area contributed by atoms with Crippen LogP contribution in [0.5, 0.6) is 5.75 Å². The lowest BCUT2D eigenvalue weighted by Gasteiger charge is -2.27. The number of hydrogen-bond acceptors (Lipinski definition) is 5. The van der Waals surface area contributed by atoms with Crippen molar-refractivity contribution >= 4 is 31.2 Å². The zero-order valence-corrected chi connectivity index (χ0v) is 19.6. The number of carbonyl (C=O) groups is 1. The van der Waals surface area contributed by atoms with Crippen LogP contribution in [-0.4, -0.2) is 17.7 Å². The Morgan fingerprint density at radius 2 is 1.32 bits per heavy atom. The minimum Gasteiger partial charge on any atom is -0.476 e. The van der Waals surface area contributed by atoms with Crippen LogP contribution in [0.3, 0.4) is 0 Å². The van der Waals surface area contributed by atoms with Gasteiger partial charge in [0, 0.05) is 0 Å². The van der Waals surface area contributed by atoms with Gasteiger partial charge in [0.1, 0.15) is 9.83 Å². The molecular formula is C23H32O3S2. The quantitative estimate of drug-likeness (QED) is 0.332. The van der Waals surface area contributed by atoms with Gasteiger partial charge in [0.25, 0.3) is 0 Å². The van der Waals surface area contributed by atoms with Gasteiger partial charge in [-0.3, -0.25) is 0 Å². The summed E-state index contributed by atoms with van der Waals surface area (Å²) in [6, 6.07) is 15.5. The number of aryl methyl sites for hydroxylation is 1. The van der Waals surface area contributed by atoms with E-state index in [1.54, 1.807) is 13.8 Å². The highest BCUT2D eigenvalue weighted by molar-refractivity contribution is 8.00. The van der Waals surface area contributed by atoms with Crippen LogP contribution in [0.15, 0.2) is 48.5 Å². The predicted octanol–water partition coefficient (Wildman–Crippen LogP) is 6.19. The molecule has 0 amide bonds. The highest BCUT2D eigenvalue weighted by Gasteiger charge is 2.33. The molecular weight excluding hydrogens is 388 g/mol. The van der Waals surface area contributed by atoms with Gasteiger partial charge in [-0.05, 0) is 57.9 Å². The van der Waals surface area contributed by atoms with Gasteiger partial charge in [0.2, 0.25) is 0 Å². The maximum atomic E-state index is 12.1. The minimum absolute atomic E-state index is 0.184. The average Bonchev–Trinajstić information content (AvgIpc) is 2.63. The van der Waals surface area contributed by atoms with E-state index in [0.717, 1.165) is 11.1 Å². The first kappa shape index (κ1) is 24.4. The number of benzene rings is 2. The Morgan fingerprint density at radius 1 is 0.893 bits per heavy atom. The maximum Gasteiger partial charge on any atom is 0.350 e. The molecule has 0 saturated carbocycles. The molecule has 0 aliphatic heterocycles. The lowest BCUT2D eigenvalue weighted by atomic mass is 10.0. The van der Waals surface area contributed by atoms with E-state index < -0.39 is 15.6 Å². The molecule has 0 aliphatic carbocycles. The number of thiol groups is 2. The van der Waals surface area contributed by atoms with Gasteiger partial charge in [0.05, 0.1) is 6.10 Å². The zero-order valence-electron chi connectivity index (χ0n) is 17.8. The van der Waals surface area contributed by atoms with Gasteiger partial charge < -0.3 is 9.47 Å². The number of esters is 1. The Labute approximate surface area is 180 Å². The van der Waals surface area contributed by atoms with Gasteiger partial charge in [0.15, 0.2) is 5.60 Å². The number of hydrogen-bond donors (Lipinski definition) is 2. The summed E-state index contributed by atoms with van der Waals surface area (Å²) in [4.78, 5) is 12.1. The molecule has 3 nitrogen and oxygen atoms in total. The van der Waals surface area contributed by atoms with Crippen molar-refractivity contribution in [3.8, 4) is 5.75 Å². The van der Waals surface area contributed by atoms with Crippen LogP contribution >= 0.6 is 25.3 Å². The lowest BCUT2D eigenvalue weighted by Crippen LogP contribution is -2.40. The predicted molar refractivity (Wildman–Crippen MR) is 124 cm³/mol. The molecule has 0 bridgehead atoms. The van der Waals surface area contributed by atoms with Crippen molar-refractivity contribution in [2.24, 2.45) is 0 Å². The second-order valence-electron chi connectivity index (χ2n) is 7.13. The van der Waals surface area contributed by atoms with Crippen molar-refractivity contribution in [3.63, 3.8) is 0 Å². The third kappa shape index (κ3) is 6.49. The number of carbonyl (C=O) groups excluding carboxylic acids is 1. The van der Waals surface area contributed by atoms with E-state index in [1.165, 1.54) is 5.56 Å². The van der Waals surface area contributed by atoms with Crippen molar-refractivity contribution in [1.29, 1.82) is 0 Å². The highest BCUT2D eigenvalue weighted by atomic mass is 32.2. The molecule has 0 aromatic heterocycles. The Hall–Kier alpha value is -1.59. The summed E-state index contributed by atoms with van der Waals surface area (Å²) in [6.45, 7) is 13.1. The normalized spacial score (nSPS) is 11.5. The van der Waals surface area contributed by atoms with Gasteiger partial charge in [-0.15, -0.1) is 0 Å². The first-order valence-electron chi connectivity index (χ1n) is 9.55. The van der Waals surface area contributed by atoms with Crippen LogP contribution in [-0.2, 0) is 13.6 Å². The Kier molecular flexibility index (Phi) is 8.96. The molecule has 2 aromatic rings. The van der Waals surface area contributed by atoms with E-state index in [9.17, 15) is 4.79 Å². The van der Waals surface area contributed by atoms with E-state index in [-0.39, 0.29) is 6.10 Å². The first-order chi connectivity index (χ1) is 13.0. The molecule has 0 radical (unpaired) electrons. The number of rotatable bonds is 6. The van der Waals surface area contributed by atoms with Gasteiger partial charge in [-0.2, -0.15) is 25.3 Å². The molecule has 0 N–H and O–H groups in total. The summed E-state index contributed by atoms with van der Waals surface area (Å²) >= 11 is 9.48. The van der Waals surface area contributed by atoms with Crippen LogP contribution in [0.1, 0.15) is 58.2 Å². The number of ether oxygens (including phenoxy) is 2. The second kappa shape index (κ2) is 10.3. The summed E-state index contributed by atoms with van der Waals surface area (Å²) in [5, 5.41) is 0. The molecule has 2 rings (SSSR count). The summed E-state index contributed by atoms with van der Waals surface area (Å²) in [7, 11) is 0. The summed E-state index contributed by atoms with van der Waals surface area (Å²) in [5.74, 6) is 0.190. The Balaban J connectivity index is 0.00000190. The topological polar surface area (TPSA) is 35.5 Å². The molecule has 0 aliphatic rings. The molecule has 0 spiro atoms. The smallest absolute Gasteiger partial charge is 0.350 e. The van der Waals surface area contributed by atoms with E-state index in [4.69, 9.17) is 34.7 Å². The molecule has 0 atom stereocenters. The summed E-state index contributed by atoms with van der Waals surface area (Å²) < 4.78 is 10.3. The fraction of sp³-hybridized carbons (Fsp3) is 0.435. The van der Waals surface area contributed by atoms with E-state index in [2.05, 4.69) is 0 Å². The van der Waals surface area contributed by atoms with Crippen molar-refractivity contribution in [2.75, 3.05) is 0 Å². The van der Waals surface area contributed by atoms with Crippen molar-refractivity contribution in [2.45, 2.75) is 64.3 Å². The average molecular weight is 421 g/mol. The van der Waals surface area contributed by atoms with Crippen LogP contribution < -0.4 is 4.74 Å². The first-order valence-corrected chi connectivity index (χ1v) is 10.4.